The number of hydrogen-bond donors (Lipinski definition) is 1. The number of ether oxygens (including phenoxy) is 1. The van der Waals surface area contributed by atoms with Crippen molar-refractivity contribution in [3.63, 3.8) is 0 Å². The molecule has 0 spiro atoms. The summed E-state index contributed by atoms with van der Waals surface area (Å²) in [6, 6.07) is 3.60. The van der Waals surface area contributed by atoms with Gasteiger partial charge in [0.1, 0.15) is 5.75 Å². The third-order valence-corrected chi connectivity index (χ3v) is 2.09. The Balaban J connectivity index is 3.12. The molecule has 1 aromatic carbocycles. The highest BCUT2D eigenvalue weighted by Crippen LogP contribution is 2.36. The maximum Gasteiger partial charge on any atom is 0.419 e. The van der Waals surface area contributed by atoms with E-state index in [-0.39, 0.29) is 17.2 Å². The predicted octanol–water partition coefficient (Wildman–Crippen LogP) is 2.54. The second-order valence-corrected chi connectivity index (χ2v) is 3.70. The lowest BCUT2D eigenvalue weighted by Gasteiger charge is -2.12. The van der Waals surface area contributed by atoms with Crippen molar-refractivity contribution in [3.05, 3.63) is 29.3 Å². The van der Waals surface area contributed by atoms with Crippen molar-refractivity contribution in [1.29, 1.82) is 0 Å². The second-order valence-electron chi connectivity index (χ2n) is 3.18. The number of rotatable bonds is 3. The zero-order valence-electron chi connectivity index (χ0n) is 8.47. The van der Waals surface area contributed by atoms with Crippen molar-refractivity contribution >= 4 is 17.2 Å². The zero-order valence-corrected chi connectivity index (χ0v) is 9.28. The molecule has 0 radical (unpaired) electrons. The van der Waals surface area contributed by atoms with E-state index < -0.39 is 11.7 Å². The van der Waals surface area contributed by atoms with E-state index in [1.54, 1.807) is 0 Å². The van der Waals surface area contributed by atoms with Crippen LogP contribution in [0.4, 0.5) is 13.2 Å². The van der Waals surface area contributed by atoms with E-state index in [0.29, 0.717) is 5.56 Å². The van der Waals surface area contributed by atoms with Gasteiger partial charge in [-0.2, -0.15) is 13.2 Å². The zero-order chi connectivity index (χ0) is 12.3. The molecule has 0 atom stereocenters. The van der Waals surface area contributed by atoms with Crippen LogP contribution >= 0.6 is 12.2 Å². The van der Waals surface area contributed by atoms with E-state index in [9.17, 15) is 13.2 Å². The molecule has 6 heteroatoms. The number of hydrogen-bond acceptors (Lipinski definition) is 2. The van der Waals surface area contributed by atoms with Gasteiger partial charge in [0.2, 0.25) is 0 Å². The average Bonchev–Trinajstić information content (AvgIpc) is 2.14. The molecule has 0 saturated heterocycles. The first kappa shape index (κ1) is 12.8. The maximum absolute atomic E-state index is 12.5. The van der Waals surface area contributed by atoms with E-state index in [2.05, 4.69) is 17.0 Å². The third kappa shape index (κ3) is 3.10. The van der Waals surface area contributed by atoms with Crippen LogP contribution in [-0.2, 0) is 12.6 Å². The summed E-state index contributed by atoms with van der Waals surface area (Å²) in [6.07, 6.45) is -4.17. The van der Waals surface area contributed by atoms with Crippen LogP contribution in [0.1, 0.15) is 11.1 Å². The van der Waals surface area contributed by atoms with Crippen molar-refractivity contribution in [2.24, 2.45) is 5.73 Å². The van der Waals surface area contributed by atoms with Gasteiger partial charge in [0, 0.05) is 6.42 Å². The van der Waals surface area contributed by atoms with Gasteiger partial charge in [-0.15, -0.1) is 0 Å². The van der Waals surface area contributed by atoms with Gasteiger partial charge in [-0.3, -0.25) is 0 Å². The number of halogens is 3. The molecule has 0 bridgehead atoms. The van der Waals surface area contributed by atoms with Crippen molar-refractivity contribution in [2.75, 3.05) is 7.11 Å². The molecule has 0 fully saturated rings. The smallest absolute Gasteiger partial charge is 0.419 e. The van der Waals surface area contributed by atoms with Gasteiger partial charge >= 0.3 is 6.18 Å². The molecule has 1 rings (SSSR count). The maximum atomic E-state index is 12.5. The average molecular weight is 249 g/mol. The highest BCUT2D eigenvalue weighted by atomic mass is 32.1. The number of methoxy groups -OCH3 is 1. The van der Waals surface area contributed by atoms with E-state index in [4.69, 9.17) is 5.73 Å². The summed E-state index contributed by atoms with van der Waals surface area (Å²) < 4.78 is 42.2. The molecule has 0 amide bonds. The standard InChI is InChI=1S/C10H10F3NOS/c1-15-8-4-6(5-9(14)16)2-3-7(8)10(11,12)13/h2-4H,5H2,1H3,(H2,14,16). The molecular formula is C10H10F3NOS. The Morgan fingerprint density at radius 3 is 2.50 bits per heavy atom. The second kappa shape index (κ2) is 4.69. The SMILES string of the molecule is COc1cc(CC(N)=S)ccc1C(F)(F)F. The van der Waals surface area contributed by atoms with Crippen LogP contribution in [0.2, 0.25) is 0 Å². The number of alkyl halides is 3. The molecule has 0 unspecified atom stereocenters. The quantitative estimate of drug-likeness (QED) is 0.836. The molecule has 0 saturated carbocycles. The Labute approximate surface area is 96.2 Å². The predicted molar refractivity (Wildman–Crippen MR) is 58.5 cm³/mol. The summed E-state index contributed by atoms with van der Waals surface area (Å²) in [5.74, 6) is -0.221. The van der Waals surface area contributed by atoms with Gasteiger partial charge in [0.05, 0.1) is 17.7 Å². The fraction of sp³-hybridized carbons (Fsp3) is 0.300. The molecular weight excluding hydrogens is 239 g/mol. The minimum atomic E-state index is -4.42. The molecule has 0 heterocycles. The Morgan fingerprint density at radius 2 is 2.06 bits per heavy atom. The summed E-state index contributed by atoms with van der Waals surface area (Å²) in [6.45, 7) is 0. The molecule has 1 aromatic rings. The van der Waals surface area contributed by atoms with Crippen molar-refractivity contribution < 1.29 is 17.9 Å². The van der Waals surface area contributed by atoms with Crippen LogP contribution < -0.4 is 10.5 Å². The van der Waals surface area contributed by atoms with E-state index >= 15 is 0 Å². The van der Waals surface area contributed by atoms with Crippen LogP contribution in [0.3, 0.4) is 0 Å². The first-order valence-corrected chi connectivity index (χ1v) is 4.78. The summed E-state index contributed by atoms with van der Waals surface area (Å²) in [5.41, 5.74) is 5.10. The van der Waals surface area contributed by atoms with Gasteiger partial charge in [-0.25, -0.2) is 0 Å². The minimum Gasteiger partial charge on any atom is -0.496 e. The number of thiocarbonyl (C=S) groups is 1. The first-order valence-electron chi connectivity index (χ1n) is 4.37. The van der Waals surface area contributed by atoms with Crippen LogP contribution in [0.5, 0.6) is 5.75 Å². The summed E-state index contributed by atoms with van der Waals surface area (Å²) in [4.78, 5) is 0.224. The summed E-state index contributed by atoms with van der Waals surface area (Å²) in [5, 5.41) is 0. The Morgan fingerprint density at radius 1 is 1.44 bits per heavy atom. The topological polar surface area (TPSA) is 35.2 Å². The largest absolute Gasteiger partial charge is 0.496 e. The Bertz CT molecular complexity index is 404. The number of nitrogens with two attached hydrogens (primary N) is 1. The molecule has 16 heavy (non-hydrogen) atoms. The Hall–Kier alpha value is -1.30. The molecule has 2 N–H and O–H groups in total. The van der Waals surface area contributed by atoms with Crippen LogP contribution in [0, 0.1) is 0 Å². The van der Waals surface area contributed by atoms with Crippen LogP contribution in [-0.4, -0.2) is 12.1 Å². The fourth-order valence-electron chi connectivity index (χ4n) is 1.28. The molecule has 0 aliphatic rings. The third-order valence-electron chi connectivity index (χ3n) is 1.95. The lowest BCUT2D eigenvalue weighted by atomic mass is 10.1. The van der Waals surface area contributed by atoms with Crippen molar-refractivity contribution in [2.45, 2.75) is 12.6 Å². The Kier molecular flexibility index (Phi) is 3.74. The highest BCUT2D eigenvalue weighted by molar-refractivity contribution is 7.80. The monoisotopic (exact) mass is 249 g/mol. The lowest BCUT2D eigenvalue weighted by molar-refractivity contribution is -0.138. The molecule has 88 valence electrons. The van der Waals surface area contributed by atoms with Crippen LogP contribution in [0.25, 0.3) is 0 Å². The van der Waals surface area contributed by atoms with E-state index in [1.807, 2.05) is 0 Å². The highest BCUT2D eigenvalue weighted by Gasteiger charge is 2.34. The van der Waals surface area contributed by atoms with E-state index in [0.717, 1.165) is 6.07 Å². The van der Waals surface area contributed by atoms with Gasteiger partial charge in [-0.1, -0.05) is 18.3 Å². The van der Waals surface area contributed by atoms with E-state index in [1.165, 1.54) is 19.2 Å². The van der Waals surface area contributed by atoms with Crippen LogP contribution in [0.15, 0.2) is 18.2 Å². The van der Waals surface area contributed by atoms with Gasteiger partial charge in [-0.05, 0) is 17.7 Å². The van der Waals surface area contributed by atoms with Gasteiger partial charge in [0.15, 0.2) is 0 Å². The van der Waals surface area contributed by atoms with Crippen molar-refractivity contribution in [3.8, 4) is 5.75 Å². The minimum absolute atomic E-state index is 0.221. The molecule has 0 aliphatic heterocycles. The molecule has 0 aromatic heterocycles. The normalized spacial score (nSPS) is 11.2. The lowest BCUT2D eigenvalue weighted by Crippen LogP contribution is -2.12. The summed E-state index contributed by atoms with van der Waals surface area (Å²) in [7, 11) is 1.19. The first-order chi connectivity index (χ1) is 7.34. The molecule has 0 aliphatic carbocycles. The number of benzene rings is 1. The van der Waals surface area contributed by atoms with Gasteiger partial charge < -0.3 is 10.5 Å². The van der Waals surface area contributed by atoms with Crippen molar-refractivity contribution in [1.82, 2.24) is 0 Å². The van der Waals surface area contributed by atoms with Gasteiger partial charge in [0.25, 0.3) is 0 Å². The molecule has 2 nitrogen and oxygen atoms in total. The fourth-order valence-corrected chi connectivity index (χ4v) is 1.45. The summed E-state index contributed by atoms with van der Waals surface area (Å²) >= 11 is 4.68.